The van der Waals surface area contributed by atoms with Gasteiger partial charge in [0.15, 0.2) is 5.60 Å². The molecule has 24 heavy (non-hydrogen) atoms. The summed E-state index contributed by atoms with van der Waals surface area (Å²) < 4.78 is 9.05. The smallest absolute Gasteiger partial charge is 0.410 e. The number of carbonyl (C=O) groups is 2. The van der Waals surface area contributed by atoms with Crippen LogP contribution >= 0.6 is 46.4 Å². The van der Waals surface area contributed by atoms with Crippen molar-refractivity contribution in [1.82, 2.24) is 4.90 Å². The van der Waals surface area contributed by atoms with Crippen molar-refractivity contribution >= 4 is 58.5 Å². The summed E-state index contributed by atoms with van der Waals surface area (Å²) in [7, 11) is 0. The van der Waals surface area contributed by atoms with Gasteiger partial charge in [-0.3, -0.25) is 0 Å². The Labute approximate surface area is 159 Å². The fraction of sp³-hybridized carbons (Fsp3) is 0.600. The third-order valence-electron chi connectivity index (χ3n) is 4.41. The summed E-state index contributed by atoms with van der Waals surface area (Å²) in [5.41, 5.74) is -0.205. The maximum absolute atomic E-state index is 12.4. The number of amides is 1. The monoisotopic (exact) mass is 413 g/mol. The van der Waals surface area contributed by atoms with Crippen LogP contribution in [0, 0.1) is 0 Å². The van der Waals surface area contributed by atoms with Crippen LogP contribution in [0.5, 0.6) is 0 Å². The molecule has 0 bridgehead atoms. The summed E-state index contributed by atoms with van der Waals surface area (Å²) in [6.45, 7) is 0.125. The summed E-state index contributed by atoms with van der Waals surface area (Å²) in [6.07, 6.45) is 6.29. The molecule has 3 aliphatic rings. The molecule has 0 saturated carbocycles. The number of fused-ring (bicyclic) bond motifs is 1. The summed E-state index contributed by atoms with van der Waals surface area (Å²) in [6, 6.07) is -0.357. The van der Waals surface area contributed by atoms with E-state index in [1.54, 1.807) is 6.08 Å². The molecule has 0 aromatic rings. The van der Waals surface area contributed by atoms with Gasteiger partial charge >= 0.3 is 12.1 Å². The molecular formula is C15H15Cl4NO4. The molecular weight excluding hydrogens is 400 g/mol. The SMILES string of the molecule is O=C1C=C2C=C[C@H](Cl)C[C@]2([C@H]2CCCN2C(=O)OCC(Cl)(Cl)Cl)O1. The highest BCUT2D eigenvalue weighted by Gasteiger charge is 2.55. The van der Waals surface area contributed by atoms with Crippen molar-refractivity contribution < 1.29 is 19.1 Å². The van der Waals surface area contributed by atoms with Crippen LogP contribution in [0.15, 0.2) is 23.8 Å². The molecule has 1 aliphatic carbocycles. The van der Waals surface area contributed by atoms with E-state index in [2.05, 4.69) is 0 Å². The number of rotatable bonds is 2. The van der Waals surface area contributed by atoms with E-state index in [1.807, 2.05) is 6.08 Å². The van der Waals surface area contributed by atoms with Gasteiger partial charge in [0.25, 0.3) is 0 Å². The Bertz CT molecular complexity index is 615. The highest BCUT2D eigenvalue weighted by Crippen LogP contribution is 2.46. The highest BCUT2D eigenvalue weighted by molar-refractivity contribution is 6.67. The first kappa shape index (κ1) is 18.2. The van der Waals surface area contributed by atoms with Crippen LogP contribution in [-0.4, -0.2) is 50.9 Å². The zero-order valence-corrected chi connectivity index (χ0v) is 15.5. The molecule has 132 valence electrons. The molecule has 0 aromatic heterocycles. The van der Waals surface area contributed by atoms with Gasteiger partial charge in [-0.15, -0.1) is 11.6 Å². The predicted molar refractivity (Wildman–Crippen MR) is 91.7 cm³/mol. The Morgan fingerprint density at radius 3 is 2.92 bits per heavy atom. The molecule has 2 aliphatic heterocycles. The number of hydrogen-bond acceptors (Lipinski definition) is 4. The van der Waals surface area contributed by atoms with Gasteiger partial charge in [-0.05, 0) is 12.8 Å². The molecule has 0 radical (unpaired) electrons. The Morgan fingerprint density at radius 1 is 1.46 bits per heavy atom. The summed E-state index contributed by atoms with van der Waals surface area (Å²) in [5, 5.41) is -0.285. The Kier molecular flexibility index (Phi) is 5.00. The van der Waals surface area contributed by atoms with Crippen LogP contribution in [0.2, 0.25) is 0 Å². The van der Waals surface area contributed by atoms with E-state index in [1.165, 1.54) is 11.0 Å². The van der Waals surface area contributed by atoms with E-state index >= 15 is 0 Å². The third kappa shape index (κ3) is 3.50. The first-order valence-corrected chi connectivity index (χ1v) is 9.06. The Balaban J connectivity index is 1.82. The van der Waals surface area contributed by atoms with Crippen molar-refractivity contribution in [3.05, 3.63) is 23.8 Å². The lowest BCUT2D eigenvalue weighted by Gasteiger charge is -2.42. The highest BCUT2D eigenvalue weighted by atomic mass is 35.6. The zero-order chi connectivity index (χ0) is 17.5. The number of likely N-dealkylation sites (tertiary alicyclic amines) is 1. The second kappa shape index (κ2) is 6.60. The molecule has 1 fully saturated rings. The van der Waals surface area contributed by atoms with Crippen LogP contribution < -0.4 is 0 Å². The fourth-order valence-corrected chi connectivity index (χ4v) is 3.99. The molecule has 1 saturated heterocycles. The van der Waals surface area contributed by atoms with Crippen molar-refractivity contribution in [2.75, 3.05) is 13.2 Å². The molecule has 1 amide bonds. The second-order valence-electron chi connectivity index (χ2n) is 6.01. The standard InChI is InChI=1S/C15H15Cl4NO4/c16-10-4-3-9-6-12(21)24-14(9,7-10)11-2-1-5-20(11)13(22)23-8-15(17,18)19/h3-4,6,10-11H,1-2,5,7-8H2/t10-,11+,14-/m0/s1. The molecule has 0 aromatic carbocycles. The first-order valence-electron chi connectivity index (χ1n) is 7.49. The normalized spacial score (nSPS) is 32.4. The van der Waals surface area contributed by atoms with E-state index in [0.29, 0.717) is 19.4 Å². The third-order valence-corrected chi connectivity index (χ3v) is 5.04. The number of carbonyl (C=O) groups excluding carboxylic acids is 2. The minimum absolute atomic E-state index is 0.285. The van der Waals surface area contributed by atoms with Crippen molar-refractivity contribution in [2.45, 2.75) is 40.1 Å². The van der Waals surface area contributed by atoms with Crippen LogP contribution in [-0.2, 0) is 14.3 Å². The van der Waals surface area contributed by atoms with Crippen molar-refractivity contribution in [3.8, 4) is 0 Å². The van der Waals surface area contributed by atoms with E-state index in [0.717, 1.165) is 12.0 Å². The van der Waals surface area contributed by atoms with Gasteiger partial charge in [0, 0.05) is 24.6 Å². The molecule has 5 nitrogen and oxygen atoms in total. The van der Waals surface area contributed by atoms with Crippen molar-refractivity contribution in [2.24, 2.45) is 0 Å². The molecule has 0 N–H and O–H groups in total. The molecule has 0 spiro atoms. The zero-order valence-electron chi connectivity index (χ0n) is 12.5. The minimum Gasteiger partial charge on any atom is -0.449 e. The Hall–Kier alpha value is -0.620. The van der Waals surface area contributed by atoms with Crippen LogP contribution in [0.4, 0.5) is 4.79 Å². The van der Waals surface area contributed by atoms with Gasteiger partial charge in [0.05, 0.1) is 11.4 Å². The van der Waals surface area contributed by atoms with Crippen LogP contribution in [0.25, 0.3) is 0 Å². The number of halogens is 4. The molecule has 2 heterocycles. The molecule has 9 heteroatoms. The lowest BCUT2D eigenvalue weighted by atomic mass is 9.78. The number of alkyl halides is 4. The molecule has 3 atom stereocenters. The fourth-order valence-electron chi connectivity index (χ4n) is 3.52. The predicted octanol–water partition coefficient (Wildman–Crippen LogP) is 3.75. The quantitative estimate of drug-likeness (QED) is 0.510. The number of hydrogen-bond donors (Lipinski definition) is 0. The average Bonchev–Trinajstić information content (AvgIpc) is 3.07. The van der Waals surface area contributed by atoms with Gasteiger partial charge < -0.3 is 14.4 Å². The van der Waals surface area contributed by atoms with Crippen molar-refractivity contribution in [1.29, 1.82) is 0 Å². The lowest BCUT2D eigenvalue weighted by Crippen LogP contribution is -2.55. The van der Waals surface area contributed by atoms with Crippen LogP contribution in [0.3, 0.4) is 0 Å². The van der Waals surface area contributed by atoms with Gasteiger partial charge in [0.1, 0.15) is 6.61 Å². The molecule has 3 rings (SSSR count). The van der Waals surface area contributed by atoms with Gasteiger partial charge in [0.2, 0.25) is 3.79 Å². The lowest BCUT2D eigenvalue weighted by molar-refractivity contribution is -0.151. The number of allylic oxidation sites excluding steroid dienone is 1. The maximum Gasteiger partial charge on any atom is 0.410 e. The van der Waals surface area contributed by atoms with E-state index in [4.69, 9.17) is 55.9 Å². The van der Waals surface area contributed by atoms with Gasteiger partial charge in [-0.25, -0.2) is 9.59 Å². The topological polar surface area (TPSA) is 55.8 Å². The maximum atomic E-state index is 12.4. The second-order valence-corrected chi connectivity index (χ2v) is 9.09. The largest absolute Gasteiger partial charge is 0.449 e. The summed E-state index contributed by atoms with van der Waals surface area (Å²) in [5.74, 6) is -0.429. The molecule has 0 unspecified atom stereocenters. The summed E-state index contributed by atoms with van der Waals surface area (Å²) >= 11 is 23.1. The van der Waals surface area contributed by atoms with E-state index in [9.17, 15) is 9.59 Å². The van der Waals surface area contributed by atoms with Crippen molar-refractivity contribution in [3.63, 3.8) is 0 Å². The van der Waals surface area contributed by atoms with Gasteiger partial charge in [-0.1, -0.05) is 47.0 Å². The summed E-state index contributed by atoms with van der Waals surface area (Å²) in [4.78, 5) is 25.8. The number of ether oxygens (including phenoxy) is 2. The Morgan fingerprint density at radius 2 is 2.21 bits per heavy atom. The van der Waals surface area contributed by atoms with Crippen LogP contribution in [0.1, 0.15) is 19.3 Å². The number of nitrogens with zero attached hydrogens (tertiary/aromatic N) is 1. The van der Waals surface area contributed by atoms with E-state index < -0.39 is 21.5 Å². The number of esters is 1. The van der Waals surface area contributed by atoms with Gasteiger partial charge in [-0.2, -0.15) is 0 Å². The van der Waals surface area contributed by atoms with E-state index in [-0.39, 0.29) is 18.0 Å². The minimum atomic E-state index is -1.68. The average molecular weight is 415 g/mol. The first-order chi connectivity index (χ1) is 11.2.